The number of carbonyl (C=O) groups excluding carboxylic acids is 2. The van der Waals surface area contributed by atoms with Crippen LogP contribution in [0.3, 0.4) is 0 Å². The molecule has 0 radical (unpaired) electrons. The summed E-state index contributed by atoms with van der Waals surface area (Å²) in [7, 11) is 3.76. The van der Waals surface area contributed by atoms with Gasteiger partial charge in [0.1, 0.15) is 5.82 Å². The Morgan fingerprint density at radius 1 is 1.28 bits per heavy atom. The van der Waals surface area contributed by atoms with E-state index < -0.39 is 0 Å². The summed E-state index contributed by atoms with van der Waals surface area (Å²) >= 11 is 1.74. The first-order chi connectivity index (χ1) is 13.9. The Morgan fingerprint density at radius 2 is 2.10 bits per heavy atom. The molecular formula is C21H27FN4O2S. The van der Waals surface area contributed by atoms with Crippen molar-refractivity contribution in [2.24, 2.45) is 0 Å². The topological polar surface area (TPSA) is 64.7 Å². The molecule has 1 aromatic carbocycles. The van der Waals surface area contributed by atoms with Crippen LogP contribution >= 0.6 is 11.3 Å². The van der Waals surface area contributed by atoms with E-state index in [1.807, 2.05) is 30.0 Å². The molecule has 29 heavy (non-hydrogen) atoms. The number of hydrogen-bond acceptors (Lipinski definition) is 4. The summed E-state index contributed by atoms with van der Waals surface area (Å²) in [6, 6.07) is 7.96. The van der Waals surface area contributed by atoms with E-state index in [4.69, 9.17) is 0 Å². The van der Waals surface area contributed by atoms with Crippen molar-refractivity contribution < 1.29 is 14.0 Å². The molecule has 1 aromatic heterocycles. The van der Waals surface area contributed by atoms with Crippen molar-refractivity contribution in [3.05, 3.63) is 57.5 Å². The number of fused-ring (bicyclic) bond motifs is 1. The molecule has 2 N–H and O–H groups in total. The number of thiophene rings is 1. The zero-order valence-corrected chi connectivity index (χ0v) is 17.6. The zero-order valence-electron chi connectivity index (χ0n) is 16.8. The standard InChI is InChI=1S/C21H27FN4O2S/c1-25(2)18(15-4-3-5-17(22)12-15)13-24-21(28)23-9-6-20(27)26-10-7-19-16(14-26)8-11-29-19/h3-5,8,11-12,18H,6-7,9-10,13-14H2,1-2H3,(H2,23,24,28). The fourth-order valence-electron chi connectivity index (χ4n) is 3.47. The minimum Gasteiger partial charge on any atom is -0.338 e. The summed E-state index contributed by atoms with van der Waals surface area (Å²) < 4.78 is 13.5. The molecule has 0 fully saturated rings. The SMILES string of the molecule is CN(C)C(CNC(=O)NCCC(=O)N1CCc2sccc2C1)c1cccc(F)c1. The lowest BCUT2D eigenvalue weighted by Gasteiger charge is -2.27. The number of benzene rings is 1. The lowest BCUT2D eigenvalue weighted by molar-refractivity contribution is -0.131. The van der Waals surface area contributed by atoms with E-state index in [0.717, 1.165) is 18.5 Å². The van der Waals surface area contributed by atoms with Gasteiger partial charge in [0.15, 0.2) is 0 Å². The first kappa shape index (κ1) is 21.3. The molecule has 0 saturated heterocycles. The number of urea groups is 1. The Bertz CT molecular complexity index is 855. The quantitative estimate of drug-likeness (QED) is 0.727. The van der Waals surface area contributed by atoms with Crippen LogP contribution in [-0.4, -0.2) is 55.5 Å². The van der Waals surface area contributed by atoms with E-state index in [9.17, 15) is 14.0 Å². The molecule has 2 aromatic rings. The maximum atomic E-state index is 13.5. The van der Waals surface area contributed by atoms with Crippen molar-refractivity contribution >= 4 is 23.3 Å². The van der Waals surface area contributed by atoms with Gasteiger partial charge in [-0.3, -0.25) is 4.79 Å². The normalized spacial score (nSPS) is 14.4. The fraction of sp³-hybridized carbons (Fsp3) is 0.429. The third kappa shape index (κ3) is 5.77. The fourth-order valence-corrected chi connectivity index (χ4v) is 4.36. The lowest BCUT2D eigenvalue weighted by atomic mass is 10.1. The van der Waals surface area contributed by atoms with Crippen molar-refractivity contribution in [2.75, 3.05) is 33.7 Å². The second-order valence-corrected chi connectivity index (χ2v) is 8.36. The molecule has 1 atom stereocenters. The lowest BCUT2D eigenvalue weighted by Crippen LogP contribution is -2.42. The predicted octanol–water partition coefficient (Wildman–Crippen LogP) is 2.76. The third-order valence-electron chi connectivity index (χ3n) is 5.10. The number of likely N-dealkylation sites (N-methyl/N-ethyl adjacent to an activating group) is 1. The highest BCUT2D eigenvalue weighted by molar-refractivity contribution is 7.10. The van der Waals surface area contributed by atoms with E-state index in [1.165, 1.54) is 22.6 Å². The molecule has 3 amide bonds. The number of carbonyl (C=O) groups is 2. The van der Waals surface area contributed by atoms with Gasteiger partial charge in [-0.15, -0.1) is 11.3 Å². The van der Waals surface area contributed by atoms with Gasteiger partial charge in [0, 0.05) is 37.5 Å². The number of amides is 3. The summed E-state index contributed by atoms with van der Waals surface area (Å²) in [5.74, 6) is -0.252. The highest BCUT2D eigenvalue weighted by Crippen LogP contribution is 2.24. The van der Waals surface area contributed by atoms with Crippen molar-refractivity contribution in [1.82, 2.24) is 20.4 Å². The number of halogens is 1. The molecule has 6 nitrogen and oxygen atoms in total. The monoisotopic (exact) mass is 418 g/mol. The largest absolute Gasteiger partial charge is 0.338 e. The maximum Gasteiger partial charge on any atom is 0.314 e. The van der Waals surface area contributed by atoms with Crippen molar-refractivity contribution in [1.29, 1.82) is 0 Å². The minimum atomic E-state index is -0.334. The summed E-state index contributed by atoms with van der Waals surface area (Å²) in [6.07, 6.45) is 1.17. The highest BCUT2D eigenvalue weighted by Gasteiger charge is 2.21. The Balaban J connectivity index is 1.41. The number of nitrogens with one attached hydrogen (secondary N) is 2. The summed E-state index contributed by atoms with van der Waals surface area (Å²) in [5, 5.41) is 7.61. The molecule has 3 rings (SSSR count). The molecule has 1 aliphatic heterocycles. The molecular weight excluding hydrogens is 391 g/mol. The van der Waals surface area contributed by atoms with E-state index >= 15 is 0 Å². The van der Waals surface area contributed by atoms with Gasteiger partial charge in [-0.2, -0.15) is 0 Å². The van der Waals surface area contributed by atoms with Crippen LogP contribution in [0, 0.1) is 5.82 Å². The van der Waals surface area contributed by atoms with Crippen LogP contribution in [0.4, 0.5) is 9.18 Å². The molecule has 0 saturated carbocycles. The van der Waals surface area contributed by atoms with Crippen molar-refractivity contribution in [3.63, 3.8) is 0 Å². The van der Waals surface area contributed by atoms with E-state index in [1.54, 1.807) is 17.4 Å². The Labute approximate surface area is 174 Å². The average molecular weight is 419 g/mol. The van der Waals surface area contributed by atoms with Crippen LogP contribution in [-0.2, 0) is 17.8 Å². The van der Waals surface area contributed by atoms with Gasteiger partial charge in [0.25, 0.3) is 0 Å². The van der Waals surface area contributed by atoms with Crippen LogP contribution in [0.15, 0.2) is 35.7 Å². The zero-order chi connectivity index (χ0) is 20.8. The Kier molecular flexibility index (Phi) is 7.22. The summed E-state index contributed by atoms with van der Waals surface area (Å²) in [4.78, 5) is 29.6. The van der Waals surface area contributed by atoms with Gasteiger partial charge in [-0.25, -0.2) is 9.18 Å². The molecule has 0 aliphatic carbocycles. The van der Waals surface area contributed by atoms with Crippen molar-refractivity contribution in [3.8, 4) is 0 Å². The van der Waals surface area contributed by atoms with E-state index in [-0.39, 0.29) is 36.8 Å². The molecule has 0 spiro atoms. The number of hydrogen-bond donors (Lipinski definition) is 2. The third-order valence-corrected chi connectivity index (χ3v) is 6.12. The smallest absolute Gasteiger partial charge is 0.314 e. The average Bonchev–Trinajstić information content (AvgIpc) is 3.15. The first-order valence-corrected chi connectivity index (χ1v) is 10.6. The Hall–Kier alpha value is -2.45. The van der Waals surface area contributed by atoms with Crippen LogP contribution in [0.1, 0.15) is 28.5 Å². The van der Waals surface area contributed by atoms with Crippen molar-refractivity contribution in [2.45, 2.75) is 25.4 Å². The molecule has 0 bridgehead atoms. The van der Waals surface area contributed by atoms with Gasteiger partial charge in [-0.1, -0.05) is 12.1 Å². The molecule has 1 aliphatic rings. The number of nitrogens with zero attached hydrogens (tertiary/aromatic N) is 2. The van der Waals surface area contributed by atoms with Gasteiger partial charge >= 0.3 is 6.03 Å². The van der Waals surface area contributed by atoms with Gasteiger partial charge in [0.05, 0.1) is 6.04 Å². The Morgan fingerprint density at radius 3 is 2.86 bits per heavy atom. The molecule has 1 unspecified atom stereocenters. The van der Waals surface area contributed by atoms with Gasteiger partial charge in [0.2, 0.25) is 5.91 Å². The molecule has 156 valence electrons. The maximum absolute atomic E-state index is 13.5. The van der Waals surface area contributed by atoms with Gasteiger partial charge < -0.3 is 20.4 Å². The minimum absolute atomic E-state index is 0.0491. The summed E-state index contributed by atoms with van der Waals surface area (Å²) in [6.45, 7) is 2.01. The predicted molar refractivity (Wildman–Crippen MR) is 112 cm³/mol. The van der Waals surface area contributed by atoms with E-state index in [0.29, 0.717) is 13.1 Å². The highest BCUT2D eigenvalue weighted by atomic mass is 32.1. The second-order valence-electron chi connectivity index (χ2n) is 7.36. The van der Waals surface area contributed by atoms with Crippen LogP contribution in [0.25, 0.3) is 0 Å². The van der Waals surface area contributed by atoms with E-state index in [2.05, 4.69) is 22.1 Å². The number of rotatable bonds is 7. The van der Waals surface area contributed by atoms with Crippen LogP contribution in [0.5, 0.6) is 0 Å². The summed E-state index contributed by atoms with van der Waals surface area (Å²) in [5.41, 5.74) is 2.02. The van der Waals surface area contributed by atoms with Crippen LogP contribution in [0.2, 0.25) is 0 Å². The molecule has 2 heterocycles. The first-order valence-electron chi connectivity index (χ1n) is 9.70. The molecule has 8 heteroatoms. The van der Waals surface area contributed by atoms with Crippen LogP contribution < -0.4 is 10.6 Å². The van der Waals surface area contributed by atoms with Gasteiger partial charge in [-0.05, 0) is 55.2 Å². The second kappa shape index (κ2) is 9.84.